The average Bonchev–Trinajstić information content (AvgIpc) is 3.04. The van der Waals surface area contributed by atoms with E-state index in [9.17, 15) is 5.11 Å². The lowest BCUT2D eigenvalue weighted by Crippen LogP contribution is -2.50. The third-order valence-corrected chi connectivity index (χ3v) is 5.01. The van der Waals surface area contributed by atoms with Crippen LogP contribution in [0, 0.1) is 0 Å². The van der Waals surface area contributed by atoms with Crippen molar-refractivity contribution in [2.24, 2.45) is 0 Å². The average molecular weight is 337 g/mol. The number of nitrogens with zero attached hydrogens (tertiary/aromatic N) is 5. The second kappa shape index (κ2) is 8.92. The zero-order chi connectivity index (χ0) is 16.8. The van der Waals surface area contributed by atoms with E-state index in [1.807, 2.05) is 12.4 Å². The monoisotopic (exact) mass is 337 g/mol. The van der Waals surface area contributed by atoms with Crippen LogP contribution in [0.15, 0.2) is 12.4 Å². The number of hydrogen-bond donors (Lipinski definition) is 1. The summed E-state index contributed by atoms with van der Waals surface area (Å²) in [6.45, 7) is 13.2. The molecule has 3 rings (SSSR count). The van der Waals surface area contributed by atoms with Gasteiger partial charge in [-0.15, -0.1) is 0 Å². The quantitative estimate of drug-likeness (QED) is 0.738. The third-order valence-electron chi connectivity index (χ3n) is 5.01. The summed E-state index contributed by atoms with van der Waals surface area (Å²) in [5.41, 5.74) is 0. The van der Waals surface area contributed by atoms with Gasteiger partial charge in [-0.25, -0.2) is 4.98 Å². The first-order valence-electron chi connectivity index (χ1n) is 9.17. The van der Waals surface area contributed by atoms with E-state index in [0.717, 1.165) is 84.5 Å². The Hall–Kier alpha value is -0.990. The molecule has 7 nitrogen and oxygen atoms in total. The molecule has 0 amide bonds. The number of hydrogen-bond acceptors (Lipinski definition) is 6. The van der Waals surface area contributed by atoms with Gasteiger partial charge in [-0.05, 0) is 6.92 Å². The van der Waals surface area contributed by atoms with E-state index >= 15 is 0 Å². The number of aryl methyl sites for hydroxylation is 1. The highest BCUT2D eigenvalue weighted by Gasteiger charge is 2.22. The van der Waals surface area contributed by atoms with Crippen LogP contribution in [0.1, 0.15) is 12.7 Å². The lowest BCUT2D eigenvalue weighted by Gasteiger charge is -2.36. The van der Waals surface area contributed by atoms with E-state index in [1.54, 1.807) is 0 Å². The zero-order valence-electron chi connectivity index (χ0n) is 14.8. The van der Waals surface area contributed by atoms with E-state index in [0.29, 0.717) is 0 Å². The van der Waals surface area contributed by atoms with E-state index in [2.05, 4.69) is 31.2 Å². The number of ether oxygens (including phenoxy) is 1. The number of imidazole rings is 1. The maximum Gasteiger partial charge on any atom is 0.122 e. The Kier molecular flexibility index (Phi) is 6.62. The van der Waals surface area contributed by atoms with Crippen molar-refractivity contribution in [2.45, 2.75) is 26.1 Å². The van der Waals surface area contributed by atoms with Gasteiger partial charge in [0.25, 0.3) is 0 Å². The number of aliphatic hydroxyl groups excluding tert-OH is 1. The standard InChI is InChI=1S/C17H31N5O2/c1-2-22-4-3-18-17(22)15-20-7-5-19(6-8-20)13-16(23)14-21-9-11-24-12-10-21/h3-4,16,23H,2,5-15H2,1H3/t16-/m0/s1. The van der Waals surface area contributed by atoms with Gasteiger partial charge < -0.3 is 14.4 Å². The minimum Gasteiger partial charge on any atom is -0.390 e. The molecule has 2 fully saturated rings. The van der Waals surface area contributed by atoms with Gasteiger partial charge in [0.2, 0.25) is 0 Å². The molecule has 0 aromatic carbocycles. The van der Waals surface area contributed by atoms with Gasteiger partial charge in [0.05, 0.1) is 25.9 Å². The van der Waals surface area contributed by atoms with Gasteiger partial charge in [-0.1, -0.05) is 0 Å². The number of rotatable bonds is 7. The molecule has 0 unspecified atom stereocenters. The summed E-state index contributed by atoms with van der Waals surface area (Å²) in [6, 6.07) is 0. The van der Waals surface area contributed by atoms with Gasteiger partial charge in [-0.3, -0.25) is 14.7 Å². The molecule has 3 heterocycles. The van der Waals surface area contributed by atoms with Crippen LogP contribution in [0.4, 0.5) is 0 Å². The van der Waals surface area contributed by atoms with Crippen LogP contribution < -0.4 is 0 Å². The van der Waals surface area contributed by atoms with Gasteiger partial charge in [-0.2, -0.15) is 0 Å². The number of piperazine rings is 1. The Morgan fingerprint density at radius 1 is 1.04 bits per heavy atom. The summed E-state index contributed by atoms with van der Waals surface area (Å²) in [7, 11) is 0. The number of aliphatic hydroxyl groups is 1. The largest absolute Gasteiger partial charge is 0.390 e. The summed E-state index contributed by atoms with van der Waals surface area (Å²) < 4.78 is 7.56. The van der Waals surface area contributed by atoms with Crippen molar-refractivity contribution in [1.29, 1.82) is 0 Å². The zero-order valence-corrected chi connectivity index (χ0v) is 14.8. The minimum atomic E-state index is -0.270. The summed E-state index contributed by atoms with van der Waals surface area (Å²) in [6.07, 6.45) is 3.67. The molecule has 1 N–H and O–H groups in total. The smallest absolute Gasteiger partial charge is 0.122 e. The van der Waals surface area contributed by atoms with Crippen molar-refractivity contribution in [1.82, 2.24) is 24.3 Å². The predicted octanol–water partition coefficient (Wildman–Crippen LogP) is -0.286. The topological polar surface area (TPSA) is 57.0 Å². The summed E-state index contributed by atoms with van der Waals surface area (Å²) >= 11 is 0. The highest BCUT2D eigenvalue weighted by molar-refractivity contribution is 4.93. The van der Waals surface area contributed by atoms with Gasteiger partial charge in [0.1, 0.15) is 5.82 Å². The Morgan fingerprint density at radius 2 is 1.67 bits per heavy atom. The minimum absolute atomic E-state index is 0.270. The highest BCUT2D eigenvalue weighted by atomic mass is 16.5. The van der Waals surface area contributed by atoms with Crippen LogP contribution in [0.3, 0.4) is 0 Å². The number of β-amino-alcohol motifs (C(OH)–C–C–N with tert-alkyl or cyclic N) is 1. The Balaban J connectivity index is 1.37. The molecule has 0 bridgehead atoms. The molecule has 0 saturated carbocycles. The third kappa shape index (κ3) is 5.00. The molecule has 0 spiro atoms. The van der Waals surface area contributed by atoms with Crippen LogP contribution in [-0.4, -0.2) is 101 Å². The normalized spacial score (nSPS) is 22.8. The maximum atomic E-state index is 10.3. The number of morpholine rings is 1. The molecule has 0 aliphatic carbocycles. The van der Waals surface area contributed by atoms with E-state index in [-0.39, 0.29) is 6.10 Å². The molecular formula is C17H31N5O2. The van der Waals surface area contributed by atoms with Crippen molar-refractivity contribution >= 4 is 0 Å². The van der Waals surface area contributed by atoms with Crippen LogP contribution >= 0.6 is 0 Å². The Bertz CT molecular complexity index is 481. The molecule has 2 saturated heterocycles. The molecule has 2 aliphatic heterocycles. The maximum absolute atomic E-state index is 10.3. The molecule has 1 aromatic rings. The van der Waals surface area contributed by atoms with Crippen molar-refractivity contribution < 1.29 is 9.84 Å². The van der Waals surface area contributed by atoms with Gasteiger partial charge >= 0.3 is 0 Å². The fourth-order valence-electron chi connectivity index (χ4n) is 3.55. The molecule has 24 heavy (non-hydrogen) atoms. The molecule has 7 heteroatoms. The molecule has 1 atom stereocenters. The van der Waals surface area contributed by atoms with Crippen LogP contribution in [0.5, 0.6) is 0 Å². The lowest BCUT2D eigenvalue weighted by molar-refractivity contribution is 0.00205. The SMILES string of the molecule is CCn1ccnc1CN1CCN(C[C@H](O)CN2CCOCC2)CC1. The molecular weight excluding hydrogens is 306 g/mol. The summed E-state index contributed by atoms with van der Waals surface area (Å²) in [5, 5.41) is 10.3. The molecule has 136 valence electrons. The molecule has 2 aliphatic rings. The fraction of sp³-hybridized carbons (Fsp3) is 0.824. The van der Waals surface area contributed by atoms with Crippen molar-refractivity contribution in [3.05, 3.63) is 18.2 Å². The Labute approximate surface area is 144 Å². The molecule has 0 radical (unpaired) electrons. The first kappa shape index (κ1) is 17.8. The second-order valence-corrected chi connectivity index (χ2v) is 6.77. The highest BCUT2D eigenvalue weighted by Crippen LogP contribution is 2.09. The van der Waals surface area contributed by atoms with E-state index < -0.39 is 0 Å². The van der Waals surface area contributed by atoms with Crippen molar-refractivity contribution in [2.75, 3.05) is 65.6 Å². The predicted molar refractivity (Wildman–Crippen MR) is 92.9 cm³/mol. The lowest BCUT2D eigenvalue weighted by atomic mass is 10.2. The first-order valence-corrected chi connectivity index (χ1v) is 9.17. The first-order chi connectivity index (χ1) is 11.7. The second-order valence-electron chi connectivity index (χ2n) is 6.77. The summed E-state index contributed by atoms with van der Waals surface area (Å²) in [5.74, 6) is 1.15. The molecule has 1 aromatic heterocycles. The van der Waals surface area contributed by atoms with Crippen molar-refractivity contribution in [3.63, 3.8) is 0 Å². The van der Waals surface area contributed by atoms with Crippen LogP contribution in [-0.2, 0) is 17.8 Å². The fourth-order valence-corrected chi connectivity index (χ4v) is 3.55. The number of aromatic nitrogens is 2. The Morgan fingerprint density at radius 3 is 2.33 bits per heavy atom. The van der Waals surface area contributed by atoms with Gasteiger partial charge in [0, 0.05) is 71.3 Å². The van der Waals surface area contributed by atoms with E-state index in [4.69, 9.17) is 4.74 Å². The summed E-state index contributed by atoms with van der Waals surface area (Å²) in [4.78, 5) is 11.6. The van der Waals surface area contributed by atoms with Crippen LogP contribution in [0.25, 0.3) is 0 Å². The van der Waals surface area contributed by atoms with E-state index in [1.165, 1.54) is 0 Å². The van der Waals surface area contributed by atoms with Crippen LogP contribution in [0.2, 0.25) is 0 Å². The van der Waals surface area contributed by atoms with Gasteiger partial charge in [0.15, 0.2) is 0 Å². The van der Waals surface area contributed by atoms with Crippen molar-refractivity contribution in [3.8, 4) is 0 Å².